The Labute approximate surface area is 60.1 Å². The van der Waals surface area contributed by atoms with Gasteiger partial charge in [-0.15, -0.1) is 0 Å². The lowest BCUT2D eigenvalue weighted by Crippen LogP contribution is -2.17. The van der Waals surface area contributed by atoms with E-state index in [4.69, 9.17) is 0 Å². The van der Waals surface area contributed by atoms with Crippen molar-refractivity contribution in [2.24, 2.45) is 0 Å². The molecule has 3 nitrogen and oxygen atoms in total. The molecule has 0 aliphatic heterocycles. The van der Waals surface area contributed by atoms with Crippen LogP contribution in [0, 0.1) is 6.92 Å². The molecule has 0 saturated heterocycles. The largest absolute Gasteiger partial charge is 0.384 e. The molecule has 1 rings (SSSR count). The third-order valence-electron chi connectivity index (χ3n) is 1.41. The van der Waals surface area contributed by atoms with Crippen LogP contribution in [0.15, 0.2) is 6.33 Å². The molecule has 0 atom stereocenters. The zero-order valence-corrected chi connectivity index (χ0v) is 6.47. The molecule has 0 radical (unpaired) electrons. The minimum atomic E-state index is -0.829. The number of aliphatic hydroxyl groups is 1. The number of aromatic amines is 1. The molecule has 1 aromatic heterocycles. The SMILES string of the molecule is Cc1[nH]cnc1C(C)(C)O. The van der Waals surface area contributed by atoms with E-state index in [0.717, 1.165) is 5.69 Å². The molecular weight excluding hydrogens is 128 g/mol. The molecule has 3 heteroatoms. The minimum Gasteiger partial charge on any atom is -0.384 e. The van der Waals surface area contributed by atoms with Crippen molar-refractivity contribution in [3.05, 3.63) is 17.7 Å². The van der Waals surface area contributed by atoms with Crippen LogP contribution in [0.2, 0.25) is 0 Å². The molecule has 0 aliphatic carbocycles. The van der Waals surface area contributed by atoms with E-state index in [9.17, 15) is 5.11 Å². The van der Waals surface area contributed by atoms with Crippen molar-refractivity contribution in [2.75, 3.05) is 0 Å². The van der Waals surface area contributed by atoms with Gasteiger partial charge in [0.15, 0.2) is 0 Å². The van der Waals surface area contributed by atoms with Crippen molar-refractivity contribution in [2.45, 2.75) is 26.4 Å². The topological polar surface area (TPSA) is 48.9 Å². The number of nitrogens with zero attached hydrogens (tertiary/aromatic N) is 1. The van der Waals surface area contributed by atoms with Gasteiger partial charge in [-0.25, -0.2) is 4.98 Å². The van der Waals surface area contributed by atoms with Crippen LogP contribution >= 0.6 is 0 Å². The number of H-pyrrole nitrogens is 1. The molecule has 2 N–H and O–H groups in total. The average molecular weight is 140 g/mol. The molecule has 10 heavy (non-hydrogen) atoms. The second-order valence-electron chi connectivity index (χ2n) is 2.94. The van der Waals surface area contributed by atoms with Gasteiger partial charge in [0.25, 0.3) is 0 Å². The zero-order valence-electron chi connectivity index (χ0n) is 6.47. The molecule has 56 valence electrons. The summed E-state index contributed by atoms with van der Waals surface area (Å²) in [5.41, 5.74) is 0.810. The van der Waals surface area contributed by atoms with Crippen LogP contribution in [0.25, 0.3) is 0 Å². The van der Waals surface area contributed by atoms with Gasteiger partial charge in [-0.05, 0) is 20.8 Å². The van der Waals surface area contributed by atoms with E-state index in [1.54, 1.807) is 20.2 Å². The fourth-order valence-electron chi connectivity index (χ4n) is 0.976. The summed E-state index contributed by atoms with van der Waals surface area (Å²) in [4.78, 5) is 6.89. The van der Waals surface area contributed by atoms with E-state index in [2.05, 4.69) is 9.97 Å². The summed E-state index contributed by atoms with van der Waals surface area (Å²) in [6.07, 6.45) is 1.59. The van der Waals surface area contributed by atoms with Gasteiger partial charge < -0.3 is 10.1 Å². The molecule has 0 bridgehead atoms. The van der Waals surface area contributed by atoms with Gasteiger partial charge in [0.2, 0.25) is 0 Å². The maximum absolute atomic E-state index is 9.48. The van der Waals surface area contributed by atoms with Crippen molar-refractivity contribution in [3.8, 4) is 0 Å². The summed E-state index contributed by atoms with van der Waals surface area (Å²) in [6, 6.07) is 0. The van der Waals surface area contributed by atoms with E-state index >= 15 is 0 Å². The Morgan fingerprint density at radius 1 is 1.60 bits per heavy atom. The van der Waals surface area contributed by atoms with Gasteiger partial charge in [-0.3, -0.25) is 0 Å². The Morgan fingerprint density at radius 2 is 2.20 bits per heavy atom. The third-order valence-corrected chi connectivity index (χ3v) is 1.41. The Kier molecular flexibility index (Phi) is 1.52. The number of imidazole rings is 1. The van der Waals surface area contributed by atoms with E-state index in [-0.39, 0.29) is 0 Å². The van der Waals surface area contributed by atoms with Gasteiger partial charge in [0.05, 0.1) is 12.0 Å². The lowest BCUT2D eigenvalue weighted by Gasteiger charge is -2.14. The Morgan fingerprint density at radius 3 is 2.40 bits per heavy atom. The van der Waals surface area contributed by atoms with Crippen molar-refractivity contribution >= 4 is 0 Å². The van der Waals surface area contributed by atoms with Crippen molar-refractivity contribution in [3.63, 3.8) is 0 Å². The van der Waals surface area contributed by atoms with Gasteiger partial charge in [-0.1, -0.05) is 0 Å². The normalized spacial score (nSPS) is 12.0. The first-order valence-electron chi connectivity index (χ1n) is 3.24. The molecule has 1 heterocycles. The van der Waals surface area contributed by atoms with Crippen LogP contribution in [0.5, 0.6) is 0 Å². The minimum absolute atomic E-state index is 0.715. The van der Waals surface area contributed by atoms with E-state index < -0.39 is 5.60 Å². The van der Waals surface area contributed by atoms with Crippen LogP contribution in [-0.4, -0.2) is 15.1 Å². The maximum atomic E-state index is 9.48. The number of aryl methyl sites for hydroxylation is 1. The summed E-state index contributed by atoms with van der Waals surface area (Å²) in [5.74, 6) is 0. The molecule has 0 fully saturated rings. The molecule has 0 aliphatic rings. The highest BCUT2D eigenvalue weighted by Crippen LogP contribution is 2.18. The first-order chi connectivity index (χ1) is 4.52. The molecule has 1 aromatic rings. The molecular formula is C7H12N2O. The number of hydrogen-bond donors (Lipinski definition) is 2. The smallest absolute Gasteiger partial charge is 0.103 e. The monoisotopic (exact) mass is 140 g/mol. The predicted molar refractivity (Wildman–Crippen MR) is 38.6 cm³/mol. The standard InChI is InChI=1S/C7H12N2O/c1-5-6(7(2,3)10)9-4-8-5/h4,10H,1-3H3,(H,8,9). The fourth-order valence-corrected chi connectivity index (χ4v) is 0.976. The first kappa shape index (κ1) is 7.28. The Hall–Kier alpha value is -0.830. The maximum Gasteiger partial charge on any atom is 0.103 e. The van der Waals surface area contributed by atoms with Crippen molar-refractivity contribution in [1.29, 1.82) is 0 Å². The fraction of sp³-hybridized carbons (Fsp3) is 0.571. The van der Waals surface area contributed by atoms with Gasteiger partial charge >= 0.3 is 0 Å². The average Bonchev–Trinajstić information content (AvgIpc) is 2.11. The predicted octanol–water partition coefficient (Wildman–Crippen LogP) is 0.946. The van der Waals surface area contributed by atoms with Gasteiger partial charge in [0.1, 0.15) is 5.60 Å². The van der Waals surface area contributed by atoms with E-state index in [1.807, 2.05) is 6.92 Å². The second kappa shape index (κ2) is 2.09. The highest BCUT2D eigenvalue weighted by Gasteiger charge is 2.20. The van der Waals surface area contributed by atoms with Crippen LogP contribution in [0.3, 0.4) is 0 Å². The van der Waals surface area contributed by atoms with E-state index in [0.29, 0.717) is 5.69 Å². The number of rotatable bonds is 1. The molecule has 0 amide bonds. The van der Waals surface area contributed by atoms with Crippen molar-refractivity contribution in [1.82, 2.24) is 9.97 Å². The van der Waals surface area contributed by atoms with Crippen LogP contribution in [-0.2, 0) is 5.60 Å². The molecule has 0 aromatic carbocycles. The number of nitrogens with one attached hydrogen (secondary N) is 1. The first-order valence-corrected chi connectivity index (χ1v) is 3.24. The highest BCUT2D eigenvalue weighted by atomic mass is 16.3. The van der Waals surface area contributed by atoms with E-state index in [1.165, 1.54) is 0 Å². The van der Waals surface area contributed by atoms with Crippen LogP contribution < -0.4 is 0 Å². The van der Waals surface area contributed by atoms with Gasteiger partial charge in [-0.2, -0.15) is 0 Å². The molecule has 0 spiro atoms. The van der Waals surface area contributed by atoms with Gasteiger partial charge in [0, 0.05) is 5.69 Å². The lowest BCUT2D eigenvalue weighted by molar-refractivity contribution is 0.0736. The number of aromatic nitrogens is 2. The Bertz CT molecular complexity index is 222. The number of hydrogen-bond acceptors (Lipinski definition) is 2. The van der Waals surface area contributed by atoms with Crippen LogP contribution in [0.1, 0.15) is 25.2 Å². The third kappa shape index (κ3) is 1.19. The summed E-state index contributed by atoms with van der Waals surface area (Å²) in [6.45, 7) is 5.33. The lowest BCUT2D eigenvalue weighted by atomic mass is 10.0. The summed E-state index contributed by atoms with van der Waals surface area (Å²) in [7, 11) is 0. The zero-order chi connectivity index (χ0) is 7.78. The Balaban J connectivity index is 3.05. The summed E-state index contributed by atoms with van der Waals surface area (Å²) in [5, 5.41) is 9.48. The second-order valence-corrected chi connectivity index (χ2v) is 2.94. The summed E-state index contributed by atoms with van der Waals surface area (Å²) < 4.78 is 0. The molecule has 0 unspecified atom stereocenters. The highest BCUT2D eigenvalue weighted by molar-refractivity contribution is 5.15. The summed E-state index contributed by atoms with van der Waals surface area (Å²) >= 11 is 0. The van der Waals surface area contributed by atoms with Crippen molar-refractivity contribution < 1.29 is 5.11 Å². The molecule has 0 saturated carbocycles. The van der Waals surface area contributed by atoms with Crippen LogP contribution in [0.4, 0.5) is 0 Å². The quantitative estimate of drug-likeness (QED) is 0.610.